The number of carbonyl (C=O) groups is 3. The van der Waals surface area contributed by atoms with Crippen molar-refractivity contribution in [2.75, 3.05) is 33.1 Å². The third-order valence-corrected chi connectivity index (χ3v) is 10.8. The monoisotopic (exact) mass is 843 g/mol. The number of aliphatic hydroxyl groups excluding tert-OH is 2. The topological polar surface area (TPSA) is 218 Å². The van der Waals surface area contributed by atoms with E-state index in [4.69, 9.17) is 50.5 Å². The molecule has 0 aromatic heterocycles. The van der Waals surface area contributed by atoms with Gasteiger partial charge in [-0.3, -0.25) is 9.59 Å². The Balaban J connectivity index is 1.34. The van der Waals surface area contributed by atoms with E-state index < -0.39 is 84.2 Å². The minimum atomic E-state index is -1.80. The summed E-state index contributed by atoms with van der Waals surface area (Å²) < 4.78 is 41.9. The van der Waals surface area contributed by atoms with Crippen molar-refractivity contribution in [2.24, 2.45) is 5.73 Å². The van der Waals surface area contributed by atoms with Gasteiger partial charge in [0.25, 0.3) is 5.91 Å². The van der Waals surface area contributed by atoms with E-state index >= 15 is 0 Å². The summed E-state index contributed by atoms with van der Waals surface area (Å²) in [6.07, 6.45) is -1.46. The molecule has 1 amide bonds. The van der Waals surface area contributed by atoms with Crippen LogP contribution in [0.5, 0.6) is 23.0 Å². The quantitative estimate of drug-likeness (QED) is 0.161. The van der Waals surface area contributed by atoms with Gasteiger partial charge in [-0.25, -0.2) is 4.79 Å². The predicted molar refractivity (Wildman–Crippen MR) is 214 cm³/mol. The molecule has 5 unspecified atom stereocenters. The number of nitrogens with two attached hydrogens (primary N) is 1. The van der Waals surface area contributed by atoms with E-state index in [0.29, 0.717) is 0 Å². The Morgan fingerprint density at radius 1 is 1.13 bits per heavy atom. The number of hydrogen-bond donors (Lipinski definition) is 5. The number of ether oxygens (including phenoxy) is 7. The number of likely N-dealkylation sites (N-methyl/N-ethyl adjacent to an activating group) is 1. The third kappa shape index (κ3) is 7.94. The first kappa shape index (κ1) is 42.3. The molecular weight excluding hydrogens is 802 g/mol. The van der Waals surface area contributed by atoms with Crippen LogP contribution < -0.4 is 25.3 Å². The number of anilines is 1. The highest BCUT2D eigenvalue weighted by atomic mass is 35.5. The van der Waals surface area contributed by atoms with Crippen LogP contribution in [0.2, 0.25) is 5.02 Å². The number of fused-ring (bicyclic) bond motifs is 9. The number of carbonyl (C=O) groups excluding carboxylic acids is 3. The zero-order valence-electron chi connectivity index (χ0n) is 33.1. The molecule has 8 rings (SSSR count). The van der Waals surface area contributed by atoms with Crippen molar-refractivity contribution in [1.82, 2.24) is 4.90 Å². The molecule has 0 saturated carbocycles. The molecule has 1 saturated heterocycles. The van der Waals surface area contributed by atoms with Crippen molar-refractivity contribution in [2.45, 2.75) is 74.3 Å². The Hall–Kier alpha value is -5.82. The van der Waals surface area contributed by atoms with Gasteiger partial charge in [0.05, 0.1) is 47.0 Å². The summed E-state index contributed by atoms with van der Waals surface area (Å²) in [5.74, 6) is 8.83. The zero-order valence-corrected chi connectivity index (χ0v) is 33.9. The van der Waals surface area contributed by atoms with Crippen molar-refractivity contribution in [3.05, 3.63) is 88.2 Å². The van der Waals surface area contributed by atoms with Crippen molar-refractivity contribution < 1.29 is 62.9 Å². The lowest BCUT2D eigenvalue weighted by Gasteiger charge is -2.51. The van der Waals surface area contributed by atoms with Gasteiger partial charge in [-0.2, -0.15) is 0 Å². The number of methoxy groups -OCH3 is 1. The molecule has 4 heterocycles. The number of aromatic hydroxyl groups is 1. The molecule has 4 bridgehead atoms. The molecule has 16 nitrogen and oxygen atoms in total. The minimum Gasteiger partial charge on any atom is -0.504 e. The Morgan fingerprint density at radius 3 is 2.62 bits per heavy atom. The molecule has 6 N–H and O–H groups in total. The maximum atomic E-state index is 14.1. The van der Waals surface area contributed by atoms with Gasteiger partial charge in [0.2, 0.25) is 0 Å². The van der Waals surface area contributed by atoms with E-state index in [2.05, 4.69) is 35.6 Å². The SMILES string of the molecule is C=C1Oc2cc(OC)cc(C(=O)OC3COC(=O)CC(N)c4cc(O)c(c(Cl)c4)OC4C#CC=C3C#CC3=CC=C[C@@]34O[C@@H]3OC(C)(C)[C@@H](N(C)C)C(O)C3O)c2NC1=O. The number of rotatable bonds is 6. The van der Waals surface area contributed by atoms with E-state index in [0.717, 1.165) is 0 Å². The highest BCUT2D eigenvalue weighted by molar-refractivity contribution is 6.32. The smallest absolute Gasteiger partial charge is 0.341 e. The predicted octanol–water partition coefficient (Wildman–Crippen LogP) is 2.80. The van der Waals surface area contributed by atoms with Crippen LogP contribution in [0.1, 0.15) is 42.2 Å². The highest BCUT2D eigenvalue weighted by Crippen LogP contribution is 2.44. The average molecular weight is 844 g/mol. The van der Waals surface area contributed by atoms with E-state index in [1.807, 2.05) is 0 Å². The Morgan fingerprint density at radius 2 is 1.90 bits per heavy atom. The van der Waals surface area contributed by atoms with Crippen molar-refractivity contribution >= 4 is 35.1 Å². The van der Waals surface area contributed by atoms with Gasteiger partial charge < -0.3 is 64.4 Å². The first-order valence-electron chi connectivity index (χ1n) is 18.6. The average Bonchev–Trinajstić information content (AvgIpc) is 3.60. The van der Waals surface area contributed by atoms with E-state index in [1.54, 1.807) is 51.1 Å². The summed E-state index contributed by atoms with van der Waals surface area (Å²) >= 11 is 6.70. The van der Waals surface area contributed by atoms with Gasteiger partial charge >= 0.3 is 11.9 Å². The van der Waals surface area contributed by atoms with Crippen LogP contribution in [0.3, 0.4) is 0 Å². The maximum Gasteiger partial charge on any atom is 0.341 e. The number of phenolic OH excluding ortho intramolecular Hbond substituents is 1. The fourth-order valence-corrected chi connectivity index (χ4v) is 7.88. The molecule has 314 valence electrons. The molecule has 8 atom stereocenters. The summed E-state index contributed by atoms with van der Waals surface area (Å²) in [6.45, 7) is 6.50. The number of allylic oxidation sites excluding steroid dienone is 3. The second kappa shape index (κ2) is 16.3. The molecule has 2 aromatic carbocycles. The molecule has 6 aliphatic rings. The molecule has 1 fully saturated rings. The van der Waals surface area contributed by atoms with Crippen LogP contribution in [-0.2, 0) is 28.5 Å². The van der Waals surface area contributed by atoms with Gasteiger partial charge in [0.15, 0.2) is 47.1 Å². The van der Waals surface area contributed by atoms with Crippen molar-refractivity contribution in [3.8, 4) is 46.7 Å². The fraction of sp³-hybridized carbons (Fsp3) is 0.372. The number of halogens is 1. The van der Waals surface area contributed by atoms with Gasteiger partial charge in [0, 0.05) is 23.8 Å². The molecule has 0 spiro atoms. The standard InChI is InChI=1S/C43H42ClN3O13/c1-21-39(52)46-34-26(17-25(54-6)18-30(34)56-21)40(53)57-31-20-55-33(49)19-28(45)23-15-27(44)37(29(48)16-23)58-32-11-7-9-22(31)12-13-24-10-8-14-43(24,32)60-41-36(51)35(50)38(47(4)5)42(2,3)59-41/h8-10,14-18,28,31-32,35-36,38,41,48,50-51H,1,19-20,45H2,2-6H3,(H,46,52)/t28?,31?,32?,35?,36?,38-,41-,43+/m0/s1. The van der Waals surface area contributed by atoms with Gasteiger partial charge in [-0.15, -0.1) is 0 Å². The van der Waals surface area contributed by atoms with Gasteiger partial charge in [-0.05, 0) is 69.8 Å². The molecule has 17 heteroatoms. The summed E-state index contributed by atoms with van der Waals surface area (Å²) in [5, 5.41) is 36.6. The molecule has 2 aromatic rings. The van der Waals surface area contributed by atoms with E-state index in [1.165, 1.54) is 37.5 Å². The van der Waals surface area contributed by atoms with Gasteiger partial charge in [0.1, 0.15) is 24.6 Å². The van der Waals surface area contributed by atoms with Crippen molar-refractivity contribution in [1.29, 1.82) is 0 Å². The lowest BCUT2D eigenvalue weighted by atomic mass is 9.85. The van der Waals surface area contributed by atoms with Crippen LogP contribution in [-0.4, -0.2) is 114 Å². The van der Waals surface area contributed by atoms with Crippen LogP contribution in [0.4, 0.5) is 5.69 Å². The second-order valence-corrected chi connectivity index (χ2v) is 15.6. The largest absolute Gasteiger partial charge is 0.504 e. The molecule has 4 aliphatic heterocycles. The number of nitrogens with one attached hydrogen (secondary N) is 1. The molecule has 60 heavy (non-hydrogen) atoms. The van der Waals surface area contributed by atoms with E-state index in [9.17, 15) is 29.7 Å². The number of esters is 2. The third-order valence-electron chi connectivity index (χ3n) is 10.5. The number of benzene rings is 2. The number of aliphatic hydroxyl groups is 2. The maximum absolute atomic E-state index is 14.1. The van der Waals surface area contributed by atoms with Crippen LogP contribution in [0.15, 0.2) is 72.1 Å². The number of nitrogens with zero attached hydrogens (tertiary/aromatic N) is 1. The Labute approximate surface area is 350 Å². The normalized spacial score (nSPS) is 29.0. The Bertz CT molecular complexity index is 2360. The molecule has 0 radical (unpaired) electrons. The van der Waals surface area contributed by atoms with Crippen LogP contribution >= 0.6 is 11.6 Å². The van der Waals surface area contributed by atoms with E-state index in [-0.39, 0.29) is 62.4 Å². The summed E-state index contributed by atoms with van der Waals surface area (Å²) in [6, 6.07) is 3.83. The number of hydrogen-bond acceptors (Lipinski definition) is 15. The van der Waals surface area contributed by atoms with Gasteiger partial charge in [-0.1, -0.05) is 42.0 Å². The highest BCUT2D eigenvalue weighted by Gasteiger charge is 2.55. The van der Waals surface area contributed by atoms with Crippen LogP contribution in [0.25, 0.3) is 0 Å². The summed E-state index contributed by atoms with van der Waals surface area (Å²) in [7, 11) is 4.87. The Kier molecular flexibility index (Phi) is 11.5. The lowest BCUT2D eigenvalue weighted by molar-refractivity contribution is -0.329. The number of phenols is 1. The first-order chi connectivity index (χ1) is 28.4. The van der Waals surface area contributed by atoms with Crippen molar-refractivity contribution in [3.63, 3.8) is 0 Å². The fourth-order valence-electron chi connectivity index (χ4n) is 7.61. The lowest BCUT2D eigenvalue weighted by Crippen LogP contribution is -2.68. The summed E-state index contributed by atoms with van der Waals surface area (Å²) in [4.78, 5) is 41.6. The molecular formula is C43H42ClN3O13. The minimum absolute atomic E-state index is 0.0160. The summed E-state index contributed by atoms with van der Waals surface area (Å²) in [5.41, 5.74) is 3.86. The van der Waals surface area contributed by atoms with Crippen LogP contribution in [0, 0.1) is 23.7 Å². The first-order valence-corrected chi connectivity index (χ1v) is 19.0. The zero-order chi connectivity index (χ0) is 43.3. The molecule has 2 aliphatic carbocycles. The number of amides is 1. The second-order valence-electron chi connectivity index (χ2n) is 15.2.